The van der Waals surface area contributed by atoms with Crippen molar-refractivity contribution in [3.8, 4) is 0 Å². The molecule has 1 atom stereocenters. The number of carbonyl (C=O) groups is 1. The smallest absolute Gasteiger partial charge is 0.330 e. The van der Waals surface area contributed by atoms with Gasteiger partial charge >= 0.3 is 5.97 Å². The number of nitrogens with two attached hydrogens (primary N) is 1. The van der Waals surface area contributed by atoms with E-state index in [0.29, 0.717) is 25.5 Å². The first-order valence-corrected chi connectivity index (χ1v) is 5.75. The van der Waals surface area contributed by atoms with Crippen molar-refractivity contribution in [3.05, 3.63) is 0 Å². The molecule has 5 heteroatoms. The van der Waals surface area contributed by atoms with Gasteiger partial charge in [-0.15, -0.1) is 0 Å². The van der Waals surface area contributed by atoms with Crippen LogP contribution in [0.2, 0.25) is 0 Å². The van der Waals surface area contributed by atoms with Crippen LogP contribution in [-0.4, -0.2) is 38.2 Å². The molecule has 0 aliphatic carbocycles. The Hall–Kier alpha value is -1.10. The van der Waals surface area contributed by atoms with Crippen LogP contribution in [0, 0.1) is 0 Å². The third-order valence-corrected chi connectivity index (χ3v) is 2.51. The Balaban J connectivity index is 2.49. The Kier molecular flexibility index (Phi) is 5.85. The van der Waals surface area contributed by atoms with Crippen LogP contribution in [0.1, 0.15) is 32.1 Å². The highest BCUT2D eigenvalue weighted by molar-refractivity contribution is 5.83. The molecule has 92 valence electrons. The fourth-order valence-corrected chi connectivity index (χ4v) is 1.61. The number of nitrogens with zero attached hydrogens (tertiary/aromatic N) is 1. The van der Waals surface area contributed by atoms with Crippen LogP contribution >= 0.6 is 0 Å². The highest BCUT2D eigenvalue weighted by Gasteiger charge is 2.20. The molecule has 0 spiro atoms. The molecule has 5 nitrogen and oxygen atoms in total. The van der Waals surface area contributed by atoms with Crippen LogP contribution in [-0.2, 0) is 14.3 Å². The summed E-state index contributed by atoms with van der Waals surface area (Å²) in [5.74, 6) is 0.392. The van der Waals surface area contributed by atoms with E-state index >= 15 is 0 Å². The number of esters is 1. The first-order valence-electron chi connectivity index (χ1n) is 5.75. The lowest BCUT2D eigenvalue weighted by Crippen LogP contribution is -2.22. The summed E-state index contributed by atoms with van der Waals surface area (Å²) in [4.78, 5) is 15.8. The molecule has 0 aromatic carbocycles. The van der Waals surface area contributed by atoms with Gasteiger partial charge in [-0.1, -0.05) is 0 Å². The molecule has 0 aromatic heterocycles. The molecule has 1 rings (SSSR count). The van der Waals surface area contributed by atoms with Gasteiger partial charge in [-0.3, -0.25) is 0 Å². The fraction of sp³-hybridized carbons (Fsp3) is 0.818. The quantitative estimate of drug-likeness (QED) is 0.540. The molecule has 0 saturated carbocycles. The summed E-state index contributed by atoms with van der Waals surface area (Å²) in [6.07, 6.45) is 4.27. The average Bonchev–Trinajstić information content (AvgIpc) is 2.80. The van der Waals surface area contributed by atoms with Crippen LogP contribution in [0.5, 0.6) is 0 Å². The van der Waals surface area contributed by atoms with E-state index in [4.69, 9.17) is 15.2 Å². The predicted molar refractivity (Wildman–Crippen MR) is 61.3 cm³/mol. The number of hydrogen-bond acceptors (Lipinski definition) is 5. The maximum absolute atomic E-state index is 11.5. The van der Waals surface area contributed by atoms with Gasteiger partial charge in [0.05, 0.1) is 13.7 Å². The zero-order chi connectivity index (χ0) is 11.8. The van der Waals surface area contributed by atoms with Crippen LogP contribution in [0.3, 0.4) is 0 Å². The monoisotopic (exact) mass is 228 g/mol. The molecule has 1 aliphatic heterocycles. The van der Waals surface area contributed by atoms with E-state index in [-0.39, 0.29) is 5.97 Å². The zero-order valence-electron chi connectivity index (χ0n) is 9.78. The molecule has 0 amide bonds. The highest BCUT2D eigenvalue weighted by atomic mass is 16.5. The minimum atomic E-state index is -0.426. The van der Waals surface area contributed by atoms with Gasteiger partial charge < -0.3 is 15.2 Å². The zero-order valence-corrected chi connectivity index (χ0v) is 9.78. The summed E-state index contributed by atoms with van der Waals surface area (Å²) in [6, 6.07) is -0.426. The molecule has 0 bridgehead atoms. The minimum Gasteiger partial charge on any atom is -0.481 e. The first-order chi connectivity index (χ1) is 7.77. The number of methoxy groups -OCH3 is 1. The minimum absolute atomic E-state index is 0.292. The van der Waals surface area contributed by atoms with E-state index in [9.17, 15) is 4.79 Å². The highest BCUT2D eigenvalue weighted by Crippen LogP contribution is 2.12. The Morgan fingerprint density at radius 2 is 2.44 bits per heavy atom. The van der Waals surface area contributed by atoms with Crippen molar-refractivity contribution in [1.29, 1.82) is 0 Å². The molecule has 1 fully saturated rings. The van der Waals surface area contributed by atoms with E-state index in [0.717, 1.165) is 25.7 Å². The molecule has 2 N–H and O–H groups in total. The topological polar surface area (TPSA) is 73.9 Å². The van der Waals surface area contributed by atoms with Crippen molar-refractivity contribution in [1.82, 2.24) is 0 Å². The normalized spacial score (nSPS) is 19.5. The maximum Gasteiger partial charge on any atom is 0.330 e. The molecule has 16 heavy (non-hydrogen) atoms. The summed E-state index contributed by atoms with van der Waals surface area (Å²) >= 11 is 0. The number of carbonyl (C=O) groups excluding carboxylic acids is 1. The van der Waals surface area contributed by atoms with Crippen molar-refractivity contribution < 1.29 is 14.3 Å². The molecular weight excluding hydrogens is 208 g/mol. The van der Waals surface area contributed by atoms with Gasteiger partial charge in [0.15, 0.2) is 11.9 Å². The second-order valence-corrected chi connectivity index (χ2v) is 3.80. The number of ether oxygens (including phenoxy) is 2. The lowest BCUT2D eigenvalue weighted by Gasteiger charge is -2.10. The van der Waals surface area contributed by atoms with Crippen molar-refractivity contribution in [2.45, 2.75) is 38.1 Å². The number of unbranched alkanes of at least 4 members (excludes halogenated alkanes) is 1. The molecule has 1 heterocycles. The van der Waals surface area contributed by atoms with Gasteiger partial charge in [-0.25, -0.2) is 9.79 Å². The van der Waals surface area contributed by atoms with Crippen molar-refractivity contribution in [3.63, 3.8) is 0 Å². The third-order valence-electron chi connectivity index (χ3n) is 2.51. The number of hydrogen-bond donors (Lipinski definition) is 1. The lowest BCUT2D eigenvalue weighted by atomic mass is 10.1. The SMILES string of the molecule is COC(=O)[C@H](CCCCN)N=C1CCCO1. The maximum atomic E-state index is 11.5. The number of aliphatic imine (C=N–C) groups is 1. The van der Waals surface area contributed by atoms with Crippen LogP contribution in [0.25, 0.3) is 0 Å². The van der Waals surface area contributed by atoms with E-state index in [2.05, 4.69) is 4.99 Å². The van der Waals surface area contributed by atoms with Crippen LogP contribution in [0.15, 0.2) is 4.99 Å². The van der Waals surface area contributed by atoms with Crippen molar-refractivity contribution >= 4 is 11.9 Å². The number of rotatable bonds is 6. The molecule has 0 aromatic rings. The summed E-state index contributed by atoms with van der Waals surface area (Å²) in [7, 11) is 1.38. The largest absolute Gasteiger partial charge is 0.481 e. The molecule has 1 saturated heterocycles. The van der Waals surface area contributed by atoms with Crippen LogP contribution in [0.4, 0.5) is 0 Å². The summed E-state index contributed by atoms with van der Waals surface area (Å²) in [5.41, 5.74) is 5.41. The summed E-state index contributed by atoms with van der Waals surface area (Å²) < 4.78 is 10.0. The molecular formula is C11H20N2O3. The van der Waals surface area contributed by atoms with E-state index in [1.54, 1.807) is 0 Å². The second-order valence-electron chi connectivity index (χ2n) is 3.80. The lowest BCUT2D eigenvalue weighted by molar-refractivity contribution is -0.142. The summed E-state index contributed by atoms with van der Waals surface area (Å²) in [5, 5.41) is 0. The van der Waals surface area contributed by atoms with Crippen LogP contribution < -0.4 is 5.73 Å². The second kappa shape index (κ2) is 7.22. The van der Waals surface area contributed by atoms with E-state index in [1.165, 1.54) is 7.11 Å². The Labute approximate surface area is 96.0 Å². The Morgan fingerprint density at radius 1 is 1.62 bits per heavy atom. The standard InChI is InChI=1S/C11H20N2O3/c1-15-11(14)9(5-2-3-7-12)13-10-6-4-8-16-10/h9H,2-8,12H2,1H3/t9-/m0/s1. The van der Waals surface area contributed by atoms with Crippen molar-refractivity contribution in [2.24, 2.45) is 10.7 Å². The average molecular weight is 228 g/mol. The molecule has 0 unspecified atom stereocenters. The molecule has 0 radical (unpaired) electrons. The van der Waals surface area contributed by atoms with Gasteiger partial charge in [0.2, 0.25) is 0 Å². The predicted octanol–water partition coefficient (Wildman–Crippen LogP) is 0.866. The Bertz CT molecular complexity index is 246. The van der Waals surface area contributed by atoms with Gasteiger partial charge in [-0.2, -0.15) is 0 Å². The Morgan fingerprint density at radius 3 is 3.00 bits per heavy atom. The fourth-order valence-electron chi connectivity index (χ4n) is 1.61. The van der Waals surface area contributed by atoms with E-state index in [1.807, 2.05) is 0 Å². The van der Waals surface area contributed by atoms with Gasteiger partial charge in [0.1, 0.15) is 0 Å². The van der Waals surface area contributed by atoms with Gasteiger partial charge in [-0.05, 0) is 32.2 Å². The van der Waals surface area contributed by atoms with Gasteiger partial charge in [0.25, 0.3) is 0 Å². The third kappa shape index (κ3) is 4.18. The van der Waals surface area contributed by atoms with E-state index < -0.39 is 6.04 Å². The molecule has 1 aliphatic rings. The van der Waals surface area contributed by atoms with Crippen molar-refractivity contribution in [2.75, 3.05) is 20.3 Å². The summed E-state index contributed by atoms with van der Waals surface area (Å²) in [6.45, 7) is 1.34. The van der Waals surface area contributed by atoms with Gasteiger partial charge in [0, 0.05) is 6.42 Å². The first kappa shape index (κ1) is 13.0.